The van der Waals surface area contributed by atoms with Crippen LogP contribution in [0.3, 0.4) is 0 Å². The van der Waals surface area contributed by atoms with Crippen LogP contribution in [0, 0.1) is 0 Å². The van der Waals surface area contributed by atoms with E-state index < -0.39 is 0 Å². The Balaban J connectivity index is 0.00000361. The Morgan fingerprint density at radius 1 is 1.00 bits per heavy atom. The van der Waals surface area contributed by atoms with Crippen LogP contribution in [0.15, 0.2) is 35.3 Å². The number of anilines is 1. The zero-order chi connectivity index (χ0) is 14.4. The smallest absolute Gasteiger partial charge is 0.195 e. The molecular formula is C15H27IN4. The third kappa shape index (κ3) is 5.56. The van der Waals surface area contributed by atoms with E-state index >= 15 is 0 Å². The molecular weight excluding hydrogens is 363 g/mol. The van der Waals surface area contributed by atoms with Crippen LogP contribution in [-0.2, 0) is 0 Å². The van der Waals surface area contributed by atoms with Crippen molar-refractivity contribution in [3.05, 3.63) is 30.3 Å². The van der Waals surface area contributed by atoms with E-state index in [9.17, 15) is 0 Å². The standard InChI is InChI=1S/C15H26N4.HI/c1-13(12-16-15(17(2)3)18(4)5)19(6)14-10-8-7-9-11-14;/h7-11,13H,12H2,1-6H3;1H. The predicted octanol–water partition coefficient (Wildman–Crippen LogP) is 2.61. The second-order valence-electron chi connectivity index (χ2n) is 5.23. The maximum absolute atomic E-state index is 4.70. The molecule has 20 heavy (non-hydrogen) atoms. The topological polar surface area (TPSA) is 22.1 Å². The van der Waals surface area contributed by atoms with E-state index in [4.69, 9.17) is 4.99 Å². The lowest BCUT2D eigenvalue weighted by atomic mass is 10.2. The van der Waals surface area contributed by atoms with E-state index in [1.807, 2.05) is 44.1 Å². The lowest BCUT2D eigenvalue weighted by Gasteiger charge is -2.28. The average molecular weight is 390 g/mol. The summed E-state index contributed by atoms with van der Waals surface area (Å²) in [7, 11) is 10.2. The van der Waals surface area contributed by atoms with Crippen molar-refractivity contribution in [2.24, 2.45) is 4.99 Å². The molecule has 1 rings (SSSR count). The van der Waals surface area contributed by atoms with Crippen LogP contribution in [0.1, 0.15) is 6.92 Å². The van der Waals surface area contributed by atoms with Crippen molar-refractivity contribution in [1.29, 1.82) is 0 Å². The number of nitrogens with zero attached hydrogens (tertiary/aromatic N) is 4. The van der Waals surface area contributed by atoms with Gasteiger partial charge in [-0.05, 0) is 19.1 Å². The molecule has 4 nitrogen and oxygen atoms in total. The van der Waals surface area contributed by atoms with Gasteiger partial charge in [0.1, 0.15) is 0 Å². The van der Waals surface area contributed by atoms with Crippen LogP contribution in [-0.4, -0.2) is 63.6 Å². The lowest BCUT2D eigenvalue weighted by molar-refractivity contribution is 0.477. The van der Waals surface area contributed by atoms with E-state index in [0.717, 1.165) is 12.5 Å². The zero-order valence-electron chi connectivity index (χ0n) is 13.4. The molecule has 1 aromatic carbocycles. The molecule has 1 unspecified atom stereocenters. The largest absolute Gasteiger partial charge is 0.370 e. The van der Waals surface area contributed by atoms with Gasteiger partial charge in [0.2, 0.25) is 0 Å². The monoisotopic (exact) mass is 390 g/mol. The van der Waals surface area contributed by atoms with Gasteiger partial charge in [-0.3, -0.25) is 4.99 Å². The van der Waals surface area contributed by atoms with Gasteiger partial charge in [0.25, 0.3) is 0 Å². The molecule has 0 aliphatic heterocycles. The van der Waals surface area contributed by atoms with Crippen LogP contribution < -0.4 is 4.90 Å². The minimum atomic E-state index is 0. The summed E-state index contributed by atoms with van der Waals surface area (Å²) < 4.78 is 0. The van der Waals surface area contributed by atoms with Crippen LogP contribution in [0.2, 0.25) is 0 Å². The molecule has 0 N–H and O–H groups in total. The van der Waals surface area contributed by atoms with E-state index in [2.05, 4.69) is 43.1 Å². The number of rotatable bonds is 4. The Morgan fingerprint density at radius 3 is 1.95 bits per heavy atom. The number of benzene rings is 1. The second kappa shape index (κ2) is 9.05. The van der Waals surface area contributed by atoms with E-state index in [1.54, 1.807) is 0 Å². The first-order chi connectivity index (χ1) is 8.93. The fourth-order valence-corrected chi connectivity index (χ4v) is 1.94. The number of hydrogen-bond donors (Lipinski definition) is 0. The first-order valence-electron chi connectivity index (χ1n) is 6.60. The zero-order valence-corrected chi connectivity index (χ0v) is 15.7. The molecule has 114 valence electrons. The average Bonchev–Trinajstić information content (AvgIpc) is 2.38. The quantitative estimate of drug-likeness (QED) is 0.448. The highest BCUT2D eigenvalue weighted by molar-refractivity contribution is 14.0. The minimum Gasteiger partial charge on any atom is -0.370 e. The summed E-state index contributed by atoms with van der Waals surface area (Å²) in [6.07, 6.45) is 0. The Kier molecular flexibility index (Phi) is 8.60. The number of para-hydroxylation sites is 1. The van der Waals surface area contributed by atoms with Gasteiger partial charge in [0.05, 0.1) is 6.54 Å². The molecule has 0 amide bonds. The van der Waals surface area contributed by atoms with E-state index in [0.29, 0.717) is 6.04 Å². The summed E-state index contributed by atoms with van der Waals surface area (Å²) in [6.45, 7) is 2.97. The first-order valence-corrected chi connectivity index (χ1v) is 6.60. The third-order valence-electron chi connectivity index (χ3n) is 3.12. The van der Waals surface area contributed by atoms with Gasteiger partial charge in [-0.1, -0.05) is 18.2 Å². The number of hydrogen-bond acceptors (Lipinski definition) is 2. The van der Waals surface area contributed by atoms with Gasteiger partial charge in [-0.2, -0.15) is 0 Å². The Hall–Kier alpha value is -0.980. The van der Waals surface area contributed by atoms with Gasteiger partial charge in [0, 0.05) is 47.0 Å². The normalized spacial score (nSPS) is 11.1. The van der Waals surface area contributed by atoms with Crippen molar-refractivity contribution in [3.63, 3.8) is 0 Å². The van der Waals surface area contributed by atoms with E-state index in [-0.39, 0.29) is 24.0 Å². The number of aliphatic imine (C=N–C) groups is 1. The summed E-state index contributed by atoms with van der Waals surface area (Å²) in [5, 5.41) is 0. The highest BCUT2D eigenvalue weighted by Gasteiger charge is 2.11. The molecule has 5 heteroatoms. The third-order valence-corrected chi connectivity index (χ3v) is 3.12. The second-order valence-corrected chi connectivity index (χ2v) is 5.23. The SMILES string of the molecule is CC(CN=C(N(C)C)N(C)C)N(C)c1ccccc1.I. The van der Waals surface area contributed by atoms with Crippen LogP contribution in [0.4, 0.5) is 5.69 Å². The number of halogens is 1. The molecule has 0 radical (unpaired) electrons. The summed E-state index contributed by atoms with van der Waals surface area (Å²) in [5.41, 5.74) is 1.22. The van der Waals surface area contributed by atoms with Gasteiger partial charge in [-0.15, -0.1) is 24.0 Å². The molecule has 0 saturated carbocycles. The Morgan fingerprint density at radius 2 is 1.50 bits per heavy atom. The van der Waals surface area contributed by atoms with Crippen molar-refractivity contribution in [2.75, 3.05) is 46.7 Å². The van der Waals surface area contributed by atoms with Crippen molar-refractivity contribution in [2.45, 2.75) is 13.0 Å². The van der Waals surface area contributed by atoms with Crippen molar-refractivity contribution < 1.29 is 0 Å². The fourth-order valence-electron chi connectivity index (χ4n) is 1.94. The highest BCUT2D eigenvalue weighted by atomic mass is 127. The number of likely N-dealkylation sites (N-methyl/N-ethyl adjacent to an activating group) is 1. The predicted molar refractivity (Wildman–Crippen MR) is 99.4 cm³/mol. The summed E-state index contributed by atoms with van der Waals surface area (Å²) >= 11 is 0. The Bertz CT molecular complexity index is 394. The molecule has 0 fully saturated rings. The first kappa shape index (κ1) is 19.0. The summed E-state index contributed by atoms with van der Waals surface area (Å²) in [6, 6.07) is 10.8. The van der Waals surface area contributed by atoms with E-state index in [1.165, 1.54) is 5.69 Å². The molecule has 0 bridgehead atoms. The van der Waals surface area contributed by atoms with Gasteiger partial charge in [0.15, 0.2) is 5.96 Å². The van der Waals surface area contributed by atoms with Crippen LogP contribution in [0.25, 0.3) is 0 Å². The maximum atomic E-state index is 4.70. The summed E-state index contributed by atoms with van der Waals surface area (Å²) in [4.78, 5) is 11.0. The highest BCUT2D eigenvalue weighted by Crippen LogP contribution is 2.14. The van der Waals surface area contributed by atoms with Gasteiger partial charge in [-0.25, -0.2) is 0 Å². The summed E-state index contributed by atoms with van der Waals surface area (Å²) in [5.74, 6) is 0.994. The lowest BCUT2D eigenvalue weighted by Crippen LogP contribution is -2.38. The van der Waals surface area contributed by atoms with Crippen LogP contribution in [0.5, 0.6) is 0 Å². The molecule has 0 aliphatic carbocycles. The molecule has 0 heterocycles. The number of guanidine groups is 1. The molecule has 1 aromatic rings. The fraction of sp³-hybridized carbons (Fsp3) is 0.533. The van der Waals surface area contributed by atoms with Crippen molar-refractivity contribution in [1.82, 2.24) is 9.80 Å². The molecule has 1 atom stereocenters. The molecule has 0 aromatic heterocycles. The van der Waals surface area contributed by atoms with Crippen LogP contribution >= 0.6 is 24.0 Å². The van der Waals surface area contributed by atoms with Gasteiger partial charge >= 0.3 is 0 Å². The van der Waals surface area contributed by atoms with Crippen molar-refractivity contribution in [3.8, 4) is 0 Å². The minimum absolute atomic E-state index is 0. The Labute approximate surface area is 140 Å². The molecule has 0 aliphatic rings. The van der Waals surface area contributed by atoms with Crippen molar-refractivity contribution >= 4 is 35.6 Å². The molecule has 0 spiro atoms. The maximum Gasteiger partial charge on any atom is 0.195 e. The molecule has 0 saturated heterocycles. The van der Waals surface area contributed by atoms with Gasteiger partial charge < -0.3 is 14.7 Å².